The molecular weight excluding hydrogens is 1110 g/mol. The molecule has 2 atom stereocenters. The lowest BCUT2D eigenvalue weighted by Crippen LogP contribution is -2.60. The Kier molecular flexibility index (Phi) is 25.5. The fraction of sp³-hybridized carbons (Fsp3) is 0.522. The Bertz CT molecular complexity index is 2730. The molecule has 2 unspecified atom stereocenters. The van der Waals surface area contributed by atoms with E-state index in [1.165, 1.54) is 64.5 Å². The molecule has 16 heteroatoms. The van der Waals surface area contributed by atoms with Crippen molar-refractivity contribution < 1.29 is 64.2 Å². The van der Waals surface area contributed by atoms with Crippen molar-refractivity contribution in [3.63, 3.8) is 0 Å². The summed E-state index contributed by atoms with van der Waals surface area (Å²) < 4.78 is 105. The number of phenolic OH excluding ortho intramolecular Hbond substituents is 1. The zero-order chi connectivity index (χ0) is 62.2. The second kappa shape index (κ2) is 30.2. The number of ether oxygens (including phenoxy) is 2. The van der Waals surface area contributed by atoms with Crippen molar-refractivity contribution in [2.75, 3.05) is 12.4 Å². The van der Waals surface area contributed by atoms with Crippen LogP contribution in [0.4, 0.5) is 22.0 Å². The first-order valence-corrected chi connectivity index (χ1v) is 31.7. The maximum absolute atomic E-state index is 13.0. The van der Waals surface area contributed by atoms with Gasteiger partial charge in [0.05, 0.1) is 28.3 Å². The van der Waals surface area contributed by atoms with Gasteiger partial charge in [-0.05, 0) is 194 Å². The third kappa shape index (κ3) is 20.7. The van der Waals surface area contributed by atoms with E-state index in [0.717, 1.165) is 37.2 Å². The molecule has 4 aliphatic carbocycles. The summed E-state index contributed by atoms with van der Waals surface area (Å²) in [7, 11) is -5.02. The van der Waals surface area contributed by atoms with E-state index in [-0.39, 0.29) is 33.4 Å². The summed E-state index contributed by atoms with van der Waals surface area (Å²) in [6, 6.07) is 45.4. The number of hydrogen-bond donors (Lipinski definition) is 2. The average molecular weight is 1200 g/mol. The number of rotatable bonds is 16. The van der Waals surface area contributed by atoms with Crippen molar-refractivity contribution in [2.45, 2.75) is 191 Å². The van der Waals surface area contributed by atoms with Gasteiger partial charge in [-0.15, -0.1) is 0 Å². The van der Waals surface area contributed by atoms with Crippen LogP contribution in [0, 0.1) is 34.5 Å². The minimum Gasteiger partial charge on any atom is -0.748 e. The molecule has 9 rings (SSSR count). The number of carbonyl (C=O) groups is 2. The summed E-state index contributed by atoms with van der Waals surface area (Å²) in [5.41, 5.74) is -1.96. The van der Waals surface area contributed by atoms with Crippen LogP contribution < -0.4 is 0 Å². The fourth-order valence-corrected chi connectivity index (χ4v) is 13.3. The largest absolute Gasteiger partial charge is 0.748 e. The first-order valence-electron chi connectivity index (χ1n) is 28.9. The summed E-state index contributed by atoms with van der Waals surface area (Å²) in [4.78, 5) is 27.9. The molecule has 0 aliphatic heterocycles. The molecule has 4 aliphatic rings. The highest BCUT2D eigenvalue weighted by Crippen LogP contribution is 2.61. The minimum atomic E-state index is -5.01. The number of aromatic hydroxyl groups is 1. The zero-order valence-electron chi connectivity index (χ0n) is 50.5. The molecule has 0 amide bonds. The molecule has 9 nitrogen and oxygen atoms in total. The Labute approximate surface area is 494 Å². The molecule has 2 N–H and O–H groups in total. The van der Waals surface area contributed by atoms with Gasteiger partial charge < -0.3 is 24.2 Å². The summed E-state index contributed by atoms with van der Waals surface area (Å²) in [5, 5.41) is 18.4. The molecule has 0 heterocycles. The molecule has 5 aromatic carbocycles. The lowest BCUT2D eigenvalue weighted by atomic mass is 9.49. The van der Waals surface area contributed by atoms with E-state index in [0.29, 0.717) is 35.8 Å². The molecule has 0 aromatic heterocycles. The molecular formula is C67H89F5O9S2. The van der Waals surface area contributed by atoms with Crippen LogP contribution in [-0.2, 0) is 45.7 Å². The number of hydrogen-bond acceptors (Lipinski definition) is 9. The quantitative estimate of drug-likeness (QED) is 0.0426. The van der Waals surface area contributed by atoms with Gasteiger partial charge in [0.25, 0.3) is 5.92 Å². The van der Waals surface area contributed by atoms with Crippen LogP contribution in [-0.4, -0.2) is 65.2 Å². The molecule has 0 spiro atoms. The number of aliphatic hydroxyl groups is 1. The second-order valence-corrected chi connectivity index (χ2v) is 27.9. The van der Waals surface area contributed by atoms with E-state index in [2.05, 4.69) is 117 Å². The highest BCUT2D eigenvalue weighted by atomic mass is 32.2. The van der Waals surface area contributed by atoms with Crippen molar-refractivity contribution in [2.24, 2.45) is 34.5 Å². The molecule has 458 valence electrons. The normalized spacial score (nSPS) is 20.3. The summed E-state index contributed by atoms with van der Waals surface area (Å²) >= 11 is 0. The topological polar surface area (TPSA) is 150 Å². The molecule has 83 heavy (non-hydrogen) atoms. The Hall–Kier alpha value is -5.29. The van der Waals surface area contributed by atoms with Crippen LogP contribution in [0.1, 0.15) is 169 Å². The second-order valence-electron chi connectivity index (χ2n) is 24.4. The van der Waals surface area contributed by atoms with E-state index < -0.39 is 58.0 Å². The maximum Gasteiger partial charge on any atom is 0.421 e. The first kappa shape index (κ1) is 70.2. The SMILES string of the molecule is CC(C)c1ccc(O)cc1.CCC(C)(C)C(=O)OCCC(F)(F)CS(=O)(=O)[O-].CCC(C)c1ccc(C(C)(O)C(F)(F)F)cc1.CCC1(OC(=O)C(C)(C)C)C2CC3CC(C2)CC1C3.c1ccc([S+](c2ccccc2)c2ccccc2)cc1. The molecule has 4 fully saturated rings. The molecule has 4 saturated carbocycles. The molecule has 5 aromatic rings. The van der Waals surface area contributed by atoms with Gasteiger partial charge in [0, 0.05) is 6.42 Å². The monoisotopic (exact) mass is 1200 g/mol. The van der Waals surface area contributed by atoms with Crippen LogP contribution in [0.15, 0.2) is 154 Å². The van der Waals surface area contributed by atoms with Crippen molar-refractivity contribution in [3.05, 3.63) is 156 Å². The first-order chi connectivity index (χ1) is 38.6. The number of halogens is 5. The summed E-state index contributed by atoms with van der Waals surface area (Å²) in [6.45, 7) is 21.5. The van der Waals surface area contributed by atoms with Crippen LogP contribution in [0.2, 0.25) is 0 Å². The lowest BCUT2D eigenvalue weighted by molar-refractivity contribution is -0.258. The van der Waals surface area contributed by atoms with Gasteiger partial charge in [-0.3, -0.25) is 9.59 Å². The van der Waals surface area contributed by atoms with Crippen LogP contribution in [0.3, 0.4) is 0 Å². The predicted octanol–water partition coefficient (Wildman–Crippen LogP) is 17.0. The van der Waals surface area contributed by atoms with E-state index in [1.807, 2.05) is 46.8 Å². The Morgan fingerprint density at radius 3 is 1.42 bits per heavy atom. The van der Waals surface area contributed by atoms with E-state index >= 15 is 0 Å². The minimum absolute atomic E-state index is 0.00169. The number of alkyl halides is 5. The van der Waals surface area contributed by atoms with Gasteiger partial charge in [-0.25, -0.2) is 17.2 Å². The van der Waals surface area contributed by atoms with Gasteiger partial charge in [0.15, 0.2) is 20.3 Å². The van der Waals surface area contributed by atoms with E-state index in [9.17, 15) is 49.6 Å². The number of phenols is 1. The number of carbonyl (C=O) groups excluding carboxylic acids is 2. The lowest BCUT2D eigenvalue weighted by Gasteiger charge is -2.60. The van der Waals surface area contributed by atoms with Crippen molar-refractivity contribution in [1.29, 1.82) is 0 Å². The molecule has 4 bridgehead atoms. The number of benzene rings is 5. The maximum atomic E-state index is 13.0. The average Bonchev–Trinajstić information content (AvgIpc) is 1.69. The zero-order valence-corrected chi connectivity index (χ0v) is 52.1. The van der Waals surface area contributed by atoms with Crippen LogP contribution in [0.25, 0.3) is 0 Å². The van der Waals surface area contributed by atoms with Crippen molar-refractivity contribution in [3.8, 4) is 5.75 Å². The van der Waals surface area contributed by atoms with E-state index in [1.54, 1.807) is 45.0 Å². The molecule has 0 saturated heterocycles. The van der Waals surface area contributed by atoms with Gasteiger partial charge in [0.1, 0.15) is 27.2 Å². The van der Waals surface area contributed by atoms with Crippen molar-refractivity contribution >= 4 is 33.0 Å². The molecule has 0 radical (unpaired) electrons. The third-order valence-electron chi connectivity index (χ3n) is 16.2. The van der Waals surface area contributed by atoms with Crippen molar-refractivity contribution in [1.82, 2.24) is 0 Å². The standard InChI is InChI=1S/C18H15S.C17H28O2.C13H17F3O.C10H18F2O5S.C9H12O/c1-4-10-16(11-5-1)19(17-12-6-2-7-13-17)18-14-8-3-9-15-18;1-5-17(19-15(18)16(2,3)4)13-7-11-6-12(9-13)10-14(17)8-11;1-4-9(2)10-5-7-11(8-6-10)12(3,17)13(14,15)16;1-4-9(2,3)8(13)17-6-5-10(11,12)7-18(14,15)16;1-7(2)8-3-5-9(10)6-4-8/h1-15H;11-14H,5-10H2,1-4H3;5-9,17H,4H2,1-3H3;4-7H2,1-3H3,(H,14,15,16);3-7,10H,1-2H3/q+1;;;;/p-1. The number of esters is 2. The smallest absolute Gasteiger partial charge is 0.421 e. The highest BCUT2D eigenvalue weighted by Gasteiger charge is 2.59. The van der Waals surface area contributed by atoms with Gasteiger partial charge in [0.2, 0.25) is 0 Å². The van der Waals surface area contributed by atoms with Gasteiger partial charge >= 0.3 is 18.1 Å². The van der Waals surface area contributed by atoms with Crippen LogP contribution in [0.5, 0.6) is 5.75 Å². The highest BCUT2D eigenvalue weighted by molar-refractivity contribution is 7.97. The third-order valence-corrected chi connectivity index (χ3v) is 19.2. The Morgan fingerprint density at radius 1 is 0.651 bits per heavy atom. The van der Waals surface area contributed by atoms with Crippen LogP contribution >= 0.6 is 0 Å². The summed E-state index contributed by atoms with van der Waals surface area (Å²) in [5.74, 6) is -1.78. The Morgan fingerprint density at radius 2 is 1.07 bits per heavy atom. The Balaban J connectivity index is 0.000000226. The predicted molar refractivity (Wildman–Crippen MR) is 319 cm³/mol. The fourth-order valence-electron chi connectivity index (χ4n) is 10.6. The summed E-state index contributed by atoms with van der Waals surface area (Å²) in [6.07, 6.45) is 3.42. The van der Waals surface area contributed by atoms with Gasteiger partial charge in [-0.2, -0.15) is 13.2 Å². The van der Waals surface area contributed by atoms with E-state index in [4.69, 9.17) is 9.84 Å². The van der Waals surface area contributed by atoms with Gasteiger partial charge in [-0.1, -0.05) is 133 Å².